The molecule has 1 saturated heterocycles. The lowest BCUT2D eigenvalue weighted by Gasteiger charge is -2.33. The number of urea groups is 1. The second-order valence-electron chi connectivity index (χ2n) is 6.99. The van der Waals surface area contributed by atoms with Gasteiger partial charge in [-0.2, -0.15) is 0 Å². The summed E-state index contributed by atoms with van der Waals surface area (Å²) >= 11 is 0. The van der Waals surface area contributed by atoms with Gasteiger partial charge < -0.3 is 10.6 Å². The number of allylic oxidation sites excluding steroid dienone is 3. The van der Waals surface area contributed by atoms with Crippen molar-refractivity contribution in [2.45, 2.75) is 44.6 Å². The van der Waals surface area contributed by atoms with E-state index in [2.05, 4.69) is 19.2 Å². The molecule has 0 aromatic carbocycles. The zero-order valence-electron chi connectivity index (χ0n) is 15.6. The van der Waals surface area contributed by atoms with E-state index in [0.717, 1.165) is 36.2 Å². The van der Waals surface area contributed by atoms with Crippen molar-refractivity contribution in [3.63, 3.8) is 0 Å². The summed E-state index contributed by atoms with van der Waals surface area (Å²) in [5.74, 6) is -0.723. The van der Waals surface area contributed by atoms with E-state index in [1.807, 2.05) is 0 Å². The van der Waals surface area contributed by atoms with Crippen LogP contribution in [-0.2, 0) is 9.59 Å². The highest BCUT2D eigenvalue weighted by molar-refractivity contribution is 6.12. The minimum atomic E-state index is -1.01. The van der Waals surface area contributed by atoms with Crippen LogP contribution in [0.3, 0.4) is 0 Å². The summed E-state index contributed by atoms with van der Waals surface area (Å²) in [5.41, 5.74) is 6.12. The number of nitrogens with two attached hydrogens (primary N) is 1. The van der Waals surface area contributed by atoms with E-state index in [-0.39, 0.29) is 23.8 Å². The van der Waals surface area contributed by atoms with Gasteiger partial charge in [-0.15, -0.1) is 0 Å². The van der Waals surface area contributed by atoms with Gasteiger partial charge in [0.1, 0.15) is 5.54 Å². The van der Waals surface area contributed by atoms with Crippen LogP contribution in [-0.4, -0.2) is 46.7 Å². The van der Waals surface area contributed by atoms with Crippen LogP contribution >= 0.6 is 0 Å². The first-order valence-corrected chi connectivity index (χ1v) is 8.80. The van der Waals surface area contributed by atoms with Gasteiger partial charge in [-0.25, -0.2) is 4.79 Å². The van der Waals surface area contributed by atoms with Crippen LogP contribution in [0.2, 0.25) is 0 Å². The minimum absolute atomic E-state index is 0.222. The van der Waals surface area contributed by atoms with Crippen LogP contribution in [0, 0.1) is 0 Å². The fourth-order valence-corrected chi connectivity index (χ4v) is 3.33. The third-order valence-electron chi connectivity index (χ3n) is 5.13. The van der Waals surface area contributed by atoms with E-state index in [4.69, 9.17) is 5.73 Å². The monoisotopic (exact) mass is 357 g/mol. The molecular formula is C20H27N3O3. The standard InChI is InChI=1S/C20H27N3O3/c1-14(9-8-10-15(2)21)17(24)13-23-18(25)20(3,22(4)19(23)26)16-11-6-5-7-12-16/h8-9,11H,1-2,5-7,10,12-13,21H2,3-4H3/b9-8-. The van der Waals surface area contributed by atoms with E-state index in [0.29, 0.717) is 12.1 Å². The van der Waals surface area contributed by atoms with Crippen molar-refractivity contribution in [1.82, 2.24) is 9.80 Å². The first-order valence-electron chi connectivity index (χ1n) is 8.80. The maximum absolute atomic E-state index is 13.0. The Morgan fingerprint density at radius 3 is 2.62 bits per heavy atom. The molecule has 0 spiro atoms. The van der Waals surface area contributed by atoms with Crippen LogP contribution in [0.15, 0.2) is 48.2 Å². The average molecular weight is 357 g/mol. The molecule has 6 heteroatoms. The fraction of sp³-hybridized carbons (Fsp3) is 0.450. The normalized spacial score (nSPS) is 23.5. The Morgan fingerprint density at radius 2 is 2.04 bits per heavy atom. The van der Waals surface area contributed by atoms with Gasteiger partial charge in [0.25, 0.3) is 5.91 Å². The lowest BCUT2D eigenvalue weighted by atomic mass is 9.83. The lowest BCUT2D eigenvalue weighted by Crippen LogP contribution is -2.47. The molecule has 26 heavy (non-hydrogen) atoms. The summed E-state index contributed by atoms with van der Waals surface area (Å²) in [6.07, 6.45) is 9.50. The Bertz CT molecular complexity index is 720. The molecule has 1 unspecified atom stereocenters. The molecule has 1 heterocycles. The second kappa shape index (κ2) is 7.72. The highest BCUT2D eigenvalue weighted by atomic mass is 16.2. The highest BCUT2D eigenvalue weighted by Gasteiger charge is 2.54. The van der Waals surface area contributed by atoms with Gasteiger partial charge in [-0.3, -0.25) is 14.5 Å². The number of ketones is 1. The number of rotatable bonds is 7. The van der Waals surface area contributed by atoms with Crippen molar-refractivity contribution < 1.29 is 14.4 Å². The molecule has 2 N–H and O–H groups in total. The molecule has 140 valence electrons. The van der Waals surface area contributed by atoms with Crippen molar-refractivity contribution in [2.75, 3.05) is 13.6 Å². The molecule has 0 saturated carbocycles. The fourth-order valence-electron chi connectivity index (χ4n) is 3.33. The minimum Gasteiger partial charge on any atom is -0.402 e. The SMILES string of the molecule is C=C(N)C/C=C\C(=C)C(=O)CN1C(=O)N(C)C(C)(C2=CCCCC2)C1=O. The average Bonchev–Trinajstić information content (AvgIpc) is 2.78. The van der Waals surface area contributed by atoms with Crippen molar-refractivity contribution in [1.29, 1.82) is 0 Å². The van der Waals surface area contributed by atoms with Gasteiger partial charge in [0.2, 0.25) is 0 Å². The number of hydrogen-bond acceptors (Lipinski definition) is 4. The van der Waals surface area contributed by atoms with Gasteiger partial charge >= 0.3 is 6.03 Å². The Morgan fingerprint density at radius 1 is 1.35 bits per heavy atom. The largest absolute Gasteiger partial charge is 0.402 e. The summed E-state index contributed by atoms with van der Waals surface area (Å²) in [4.78, 5) is 40.5. The molecule has 1 fully saturated rings. The number of carbonyl (C=O) groups excluding carboxylic acids is 3. The molecule has 1 atom stereocenters. The zero-order chi connectivity index (χ0) is 19.5. The molecule has 0 bridgehead atoms. The quantitative estimate of drug-likeness (QED) is 0.329. The number of likely N-dealkylation sites (N-methyl/N-ethyl adjacent to an activating group) is 1. The first kappa shape index (κ1) is 19.7. The molecule has 2 rings (SSSR count). The summed E-state index contributed by atoms with van der Waals surface area (Å²) < 4.78 is 0. The number of imide groups is 1. The highest BCUT2D eigenvalue weighted by Crippen LogP contribution is 2.37. The lowest BCUT2D eigenvalue weighted by molar-refractivity contribution is -0.133. The number of hydrogen-bond donors (Lipinski definition) is 1. The van der Waals surface area contributed by atoms with Crippen molar-refractivity contribution in [3.8, 4) is 0 Å². The molecule has 0 aromatic rings. The summed E-state index contributed by atoms with van der Waals surface area (Å²) in [6, 6.07) is -0.454. The van der Waals surface area contributed by atoms with E-state index >= 15 is 0 Å². The van der Waals surface area contributed by atoms with E-state index in [1.54, 1.807) is 20.0 Å². The van der Waals surface area contributed by atoms with Gasteiger partial charge in [0.05, 0.1) is 6.54 Å². The molecule has 1 aliphatic heterocycles. The summed E-state index contributed by atoms with van der Waals surface area (Å²) in [6.45, 7) is 8.73. The van der Waals surface area contributed by atoms with Crippen LogP contribution in [0.25, 0.3) is 0 Å². The summed E-state index contributed by atoms with van der Waals surface area (Å²) in [7, 11) is 1.61. The van der Waals surface area contributed by atoms with Crippen LogP contribution < -0.4 is 5.73 Å². The van der Waals surface area contributed by atoms with Crippen LogP contribution in [0.4, 0.5) is 4.79 Å². The second-order valence-corrected chi connectivity index (χ2v) is 6.99. The maximum Gasteiger partial charge on any atom is 0.328 e. The number of nitrogens with zero attached hydrogens (tertiary/aromatic N) is 2. The Kier molecular flexibility index (Phi) is 5.85. The van der Waals surface area contributed by atoms with Crippen LogP contribution in [0.5, 0.6) is 0 Å². The Hall–Kier alpha value is -2.63. The van der Waals surface area contributed by atoms with Gasteiger partial charge in [-0.1, -0.05) is 31.4 Å². The van der Waals surface area contributed by atoms with Crippen LogP contribution in [0.1, 0.15) is 39.0 Å². The van der Waals surface area contributed by atoms with Gasteiger partial charge in [0.15, 0.2) is 5.78 Å². The molecule has 3 amide bonds. The van der Waals surface area contributed by atoms with Gasteiger partial charge in [0, 0.05) is 24.7 Å². The topological polar surface area (TPSA) is 83.7 Å². The number of Topliss-reactive ketones (excluding diaryl/α,β-unsaturated/α-hetero) is 1. The molecular weight excluding hydrogens is 330 g/mol. The number of carbonyl (C=O) groups is 3. The number of amides is 3. The van der Waals surface area contributed by atoms with E-state index in [9.17, 15) is 14.4 Å². The molecule has 6 nitrogen and oxygen atoms in total. The van der Waals surface area contributed by atoms with Crippen molar-refractivity contribution in [3.05, 3.63) is 48.2 Å². The smallest absolute Gasteiger partial charge is 0.328 e. The third kappa shape index (κ3) is 3.64. The molecule has 1 aliphatic carbocycles. The molecule has 0 radical (unpaired) electrons. The zero-order valence-corrected chi connectivity index (χ0v) is 15.6. The van der Waals surface area contributed by atoms with Crippen molar-refractivity contribution >= 4 is 17.7 Å². The summed E-state index contributed by atoms with van der Waals surface area (Å²) in [5, 5.41) is 0. The third-order valence-corrected chi connectivity index (χ3v) is 5.13. The van der Waals surface area contributed by atoms with Gasteiger partial charge in [-0.05, 0) is 38.2 Å². The first-order chi connectivity index (χ1) is 12.2. The van der Waals surface area contributed by atoms with E-state index < -0.39 is 11.6 Å². The molecule has 0 aromatic heterocycles. The molecule has 2 aliphatic rings. The predicted molar refractivity (Wildman–Crippen MR) is 101 cm³/mol. The van der Waals surface area contributed by atoms with E-state index in [1.165, 1.54) is 11.0 Å². The van der Waals surface area contributed by atoms with Crippen molar-refractivity contribution in [2.24, 2.45) is 5.73 Å². The maximum atomic E-state index is 13.0. The Balaban J connectivity index is 2.14. The predicted octanol–water partition coefficient (Wildman–Crippen LogP) is 2.68. The Labute approximate surface area is 154 Å².